The minimum atomic E-state index is -3.59. The molecule has 0 radical (unpaired) electrons. The van der Waals surface area contributed by atoms with Gasteiger partial charge in [0.25, 0.3) is 0 Å². The molecule has 1 aliphatic rings. The predicted octanol–water partition coefficient (Wildman–Crippen LogP) is 3.06. The van der Waals surface area contributed by atoms with Gasteiger partial charge in [-0.1, -0.05) is 11.6 Å². The van der Waals surface area contributed by atoms with Crippen molar-refractivity contribution in [3.63, 3.8) is 0 Å². The van der Waals surface area contributed by atoms with E-state index in [1.165, 1.54) is 6.07 Å². The van der Waals surface area contributed by atoms with Crippen molar-refractivity contribution in [1.82, 2.24) is 9.62 Å². The van der Waals surface area contributed by atoms with Crippen molar-refractivity contribution in [3.8, 4) is 0 Å². The number of halogens is 2. The van der Waals surface area contributed by atoms with Gasteiger partial charge in [-0.05, 0) is 41.8 Å². The SMILES string of the molecule is CCOC(=O)N1CCC(NS(=O)(=O)c2cc(Br)c(Cl)s2)CC1. The van der Waals surface area contributed by atoms with Crippen LogP contribution in [0.5, 0.6) is 0 Å². The average molecular weight is 432 g/mol. The van der Waals surface area contributed by atoms with Crippen LogP contribution < -0.4 is 4.72 Å². The normalized spacial score (nSPS) is 16.8. The summed E-state index contributed by atoms with van der Waals surface area (Å²) < 4.78 is 33.3. The summed E-state index contributed by atoms with van der Waals surface area (Å²) in [4.78, 5) is 13.2. The molecule has 2 rings (SSSR count). The molecule has 1 fully saturated rings. The second-order valence-electron chi connectivity index (χ2n) is 4.77. The lowest BCUT2D eigenvalue weighted by Crippen LogP contribution is -2.46. The molecular weight excluding hydrogens is 416 g/mol. The lowest BCUT2D eigenvalue weighted by molar-refractivity contribution is 0.0966. The molecule has 1 saturated heterocycles. The second-order valence-corrected chi connectivity index (χ2v) is 9.22. The highest BCUT2D eigenvalue weighted by molar-refractivity contribution is 9.10. The van der Waals surface area contributed by atoms with Gasteiger partial charge in [0.1, 0.15) is 8.55 Å². The minimum absolute atomic E-state index is 0.178. The monoisotopic (exact) mass is 430 g/mol. The van der Waals surface area contributed by atoms with Gasteiger partial charge in [-0.2, -0.15) is 0 Å². The molecule has 0 aliphatic carbocycles. The van der Waals surface area contributed by atoms with E-state index in [-0.39, 0.29) is 16.3 Å². The number of thiophene rings is 1. The van der Waals surface area contributed by atoms with Crippen molar-refractivity contribution in [1.29, 1.82) is 0 Å². The van der Waals surface area contributed by atoms with E-state index in [0.29, 0.717) is 41.3 Å². The van der Waals surface area contributed by atoms with Crippen molar-refractivity contribution in [3.05, 3.63) is 14.9 Å². The number of hydrogen-bond acceptors (Lipinski definition) is 5. The van der Waals surface area contributed by atoms with E-state index in [4.69, 9.17) is 16.3 Å². The van der Waals surface area contributed by atoms with Crippen LogP contribution in [0.4, 0.5) is 4.79 Å². The Bertz CT molecular complexity index is 622. The first-order valence-electron chi connectivity index (χ1n) is 6.72. The number of nitrogens with zero attached hydrogens (tertiary/aromatic N) is 1. The number of carbonyl (C=O) groups is 1. The summed E-state index contributed by atoms with van der Waals surface area (Å²) in [5, 5.41) is 0. The van der Waals surface area contributed by atoms with Crippen LogP contribution in [-0.4, -0.2) is 45.1 Å². The van der Waals surface area contributed by atoms with Crippen LogP contribution in [0.3, 0.4) is 0 Å². The number of rotatable bonds is 4. The first-order chi connectivity index (χ1) is 10.3. The highest BCUT2D eigenvalue weighted by Crippen LogP contribution is 2.34. The molecule has 0 unspecified atom stereocenters. The van der Waals surface area contributed by atoms with E-state index in [1.807, 2.05) is 0 Å². The third-order valence-electron chi connectivity index (χ3n) is 3.23. The standard InChI is InChI=1S/C12H16BrClN2O4S2/c1-2-20-12(17)16-5-3-8(4-6-16)15-22(18,19)10-7-9(13)11(14)21-10/h7-8,15H,2-6H2,1H3. The van der Waals surface area contributed by atoms with E-state index in [9.17, 15) is 13.2 Å². The molecular formula is C12H16BrClN2O4S2. The van der Waals surface area contributed by atoms with E-state index in [2.05, 4.69) is 20.7 Å². The van der Waals surface area contributed by atoms with E-state index in [1.54, 1.807) is 11.8 Å². The van der Waals surface area contributed by atoms with Gasteiger partial charge < -0.3 is 9.64 Å². The van der Waals surface area contributed by atoms with Crippen LogP contribution >= 0.6 is 38.9 Å². The topological polar surface area (TPSA) is 75.7 Å². The maximum atomic E-state index is 12.3. The van der Waals surface area contributed by atoms with Crippen molar-refractivity contribution < 1.29 is 17.9 Å². The van der Waals surface area contributed by atoms with Gasteiger partial charge in [0.15, 0.2) is 0 Å². The Labute approximate surface area is 147 Å². The lowest BCUT2D eigenvalue weighted by atomic mass is 10.1. The number of hydrogen-bond donors (Lipinski definition) is 1. The fourth-order valence-corrected chi connectivity index (χ4v) is 5.75. The molecule has 10 heteroatoms. The molecule has 1 amide bonds. The van der Waals surface area contributed by atoms with E-state index >= 15 is 0 Å². The minimum Gasteiger partial charge on any atom is -0.450 e. The fraction of sp³-hybridized carbons (Fsp3) is 0.583. The summed E-state index contributed by atoms with van der Waals surface area (Å²) in [6.07, 6.45) is 0.758. The first kappa shape index (κ1) is 18.0. The maximum absolute atomic E-state index is 12.3. The van der Waals surface area contributed by atoms with Gasteiger partial charge in [-0.25, -0.2) is 17.9 Å². The van der Waals surface area contributed by atoms with Gasteiger partial charge in [0.05, 0.1) is 6.61 Å². The van der Waals surface area contributed by atoms with Crippen LogP contribution in [0.1, 0.15) is 19.8 Å². The zero-order valence-electron chi connectivity index (χ0n) is 11.8. The summed E-state index contributed by atoms with van der Waals surface area (Å²) in [7, 11) is -3.59. The molecule has 124 valence electrons. The molecule has 0 bridgehead atoms. The van der Waals surface area contributed by atoms with Gasteiger partial charge in [0, 0.05) is 23.6 Å². The number of piperidine rings is 1. The first-order valence-corrected chi connectivity index (χ1v) is 10.2. The van der Waals surface area contributed by atoms with Crippen LogP contribution in [0, 0.1) is 0 Å². The van der Waals surface area contributed by atoms with Crippen LogP contribution in [-0.2, 0) is 14.8 Å². The third-order valence-corrected chi connectivity index (χ3v) is 7.70. The van der Waals surface area contributed by atoms with Crippen molar-refractivity contribution in [2.24, 2.45) is 0 Å². The number of sulfonamides is 1. The average Bonchev–Trinajstić information content (AvgIpc) is 2.80. The lowest BCUT2D eigenvalue weighted by Gasteiger charge is -2.31. The second kappa shape index (κ2) is 7.48. The molecule has 1 N–H and O–H groups in total. The van der Waals surface area contributed by atoms with Crippen LogP contribution in [0.25, 0.3) is 0 Å². The number of ether oxygens (including phenoxy) is 1. The number of amides is 1. The zero-order chi connectivity index (χ0) is 16.3. The van der Waals surface area contributed by atoms with Crippen molar-refractivity contribution in [2.75, 3.05) is 19.7 Å². The van der Waals surface area contributed by atoms with Gasteiger partial charge >= 0.3 is 6.09 Å². The summed E-state index contributed by atoms with van der Waals surface area (Å²) >= 11 is 10.1. The highest BCUT2D eigenvalue weighted by Gasteiger charge is 2.28. The molecule has 6 nitrogen and oxygen atoms in total. The Morgan fingerprint density at radius 3 is 2.68 bits per heavy atom. The molecule has 0 spiro atoms. The summed E-state index contributed by atoms with van der Waals surface area (Å²) in [5.41, 5.74) is 0. The van der Waals surface area contributed by atoms with E-state index in [0.717, 1.165) is 11.3 Å². The smallest absolute Gasteiger partial charge is 0.409 e. The predicted molar refractivity (Wildman–Crippen MR) is 89.0 cm³/mol. The van der Waals surface area contributed by atoms with Gasteiger partial charge in [0.2, 0.25) is 10.0 Å². The quantitative estimate of drug-likeness (QED) is 0.795. The Hall–Kier alpha value is -0.350. The number of likely N-dealkylation sites (tertiary alicyclic amines) is 1. The summed E-state index contributed by atoms with van der Waals surface area (Å²) in [6, 6.07) is 1.29. The maximum Gasteiger partial charge on any atom is 0.409 e. The van der Waals surface area contributed by atoms with E-state index < -0.39 is 10.0 Å². The third kappa shape index (κ3) is 4.35. The Morgan fingerprint density at radius 2 is 2.18 bits per heavy atom. The fourth-order valence-electron chi connectivity index (χ4n) is 2.13. The molecule has 1 aliphatic heterocycles. The number of nitrogens with one attached hydrogen (secondary N) is 1. The summed E-state index contributed by atoms with van der Waals surface area (Å²) in [6.45, 7) is 3.03. The molecule has 2 heterocycles. The molecule has 0 saturated carbocycles. The zero-order valence-corrected chi connectivity index (χ0v) is 15.8. The van der Waals surface area contributed by atoms with Crippen molar-refractivity contribution in [2.45, 2.75) is 30.0 Å². The van der Waals surface area contributed by atoms with Crippen molar-refractivity contribution >= 4 is 55.0 Å². The highest BCUT2D eigenvalue weighted by atomic mass is 79.9. The molecule has 22 heavy (non-hydrogen) atoms. The molecule has 0 aromatic carbocycles. The summed E-state index contributed by atoms with van der Waals surface area (Å²) in [5.74, 6) is 0. The van der Waals surface area contributed by atoms with Gasteiger partial charge in [-0.15, -0.1) is 11.3 Å². The molecule has 0 atom stereocenters. The number of carbonyl (C=O) groups excluding carboxylic acids is 1. The molecule has 1 aromatic rings. The largest absolute Gasteiger partial charge is 0.450 e. The van der Waals surface area contributed by atoms with Crippen LogP contribution in [0.2, 0.25) is 4.34 Å². The Balaban J connectivity index is 1.94. The molecule has 1 aromatic heterocycles. The van der Waals surface area contributed by atoms with Gasteiger partial charge in [-0.3, -0.25) is 0 Å². The Morgan fingerprint density at radius 1 is 1.55 bits per heavy atom. The van der Waals surface area contributed by atoms with Crippen LogP contribution in [0.15, 0.2) is 14.7 Å². The Kier molecular flexibility index (Phi) is 6.12.